The van der Waals surface area contributed by atoms with Gasteiger partial charge < -0.3 is 14.9 Å². The average molecular weight is 292 g/mol. The van der Waals surface area contributed by atoms with E-state index in [-0.39, 0.29) is 18.4 Å². The maximum absolute atomic E-state index is 12.4. The van der Waals surface area contributed by atoms with Gasteiger partial charge in [-0.3, -0.25) is 9.59 Å². The summed E-state index contributed by atoms with van der Waals surface area (Å²) in [5.74, 6) is -0.249. The SMILES string of the molecule is CCN(CC(C)(C)O)C(=O)c1ccc(C(=O)N(C)C)cc1. The number of benzene rings is 1. The van der Waals surface area contributed by atoms with Gasteiger partial charge in [-0.15, -0.1) is 0 Å². The van der Waals surface area contributed by atoms with Crippen LogP contribution in [0.15, 0.2) is 24.3 Å². The topological polar surface area (TPSA) is 60.9 Å². The minimum absolute atomic E-state index is 0.0992. The molecule has 0 heterocycles. The maximum atomic E-state index is 12.4. The van der Waals surface area contributed by atoms with Crippen LogP contribution in [0.2, 0.25) is 0 Å². The highest BCUT2D eigenvalue weighted by atomic mass is 16.3. The number of carbonyl (C=O) groups is 2. The lowest BCUT2D eigenvalue weighted by atomic mass is 10.1. The highest BCUT2D eigenvalue weighted by molar-refractivity contribution is 5.97. The Bertz CT molecular complexity index is 501. The molecule has 0 bridgehead atoms. The van der Waals surface area contributed by atoms with Crippen molar-refractivity contribution in [2.45, 2.75) is 26.4 Å². The smallest absolute Gasteiger partial charge is 0.253 e. The third kappa shape index (κ3) is 4.86. The van der Waals surface area contributed by atoms with Crippen LogP contribution in [0.4, 0.5) is 0 Å². The summed E-state index contributed by atoms with van der Waals surface area (Å²) in [7, 11) is 3.37. The molecule has 0 aliphatic rings. The van der Waals surface area contributed by atoms with Crippen LogP contribution in [0.5, 0.6) is 0 Å². The fraction of sp³-hybridized carbons (Fsp3) is 0.500. The molecule has 1 rings (SSSR count). The van der Waals surface area contributed by atoms with E-state index < -0.39 is 5.60 Å². The quantitative estimate of drug-likeness (QED) is 0.897. The van der Waals surface area contributed by atoms with Crippen LogP contribution in [-0.4, -0.2) is 59.5 Å². The summed E-state index contributed by atoms with van der Waals surface area (Å²) in [5, 5.41) is 9.85. The Balaban J connectivity index is 2.90. The first-order chi connectivity index (χ1) is 9.65. The van der Waals surface area contributed by atoms with Crippen molar-refractivity contribution in [3.63, 3.8) is 0 Å². The van der Waals surface area contributed by atoms with Crippen molar-refractivity contribution in [3.8, 4) is 0 Å². The van der Waals surface area contributed by atoms with Gasteiger partial charge in [-0.05, 0) is 45.0 Å². The van der Waals surface area contributed by atoms with Crippen molar-refractivity contribution in [2.75, 3.05) is 27.2 Å². The van der Waals surface area contributed by atoms with Crippen molar-refractivity contribution in [1.82, 2.24) is 9.80 Å². The first-order valence-corrected chi connectivity index (χ1v) is 6.99. The van der Waals surface area contributed by atoms with Gasteiger partial charge in [0.1, 0.15) is 0 Å². The summed E-state index contributed by atoms with van der Waals surface area (Å²) in [5.41, 5.74) is 0.116. The van der Waals surface area contributed by atoms with Gasteiger partial charge in [-0.1, -0.05) is 0 Å². The fourth-order valence-electron chi connectivity index (χ4n) is 1.99. The minimum Gasteiger partial charge on any atom is -0.389 e. The van der Waals surface area contributed by atoms with Gasteiger partial charge in [0.25, 0.3) is 11.8 Å². The van der Waals surface area contributed by atoms with E-state index in [1.807, 2.05) is 6.92 Å². The predicted octanol–water partition coefficient (Wildman–Crippen LogP) is 1.62. The first-order valence-electron chi connectivity index (χ1n) is 6.99. The van der Waals surface area contributed by atoms with Crippen LogP contribution in [0, 0.1) is 0 Å². The lowest BCUT2D eigenvalue weighted by Crippen LogP contribution is -2.42. The minimum atomic E-state index is -0.938. The second-order valence-corrected chi connectivity index (χ2v) is 5.91. The van der Waals surface area contributed by atoms with Crippen LogP contribution < -0.4 is 0 Å². The molecule has 0 unspecified atom stereocenters. The molecule has 0 saturated heterocycles. The number of carbonyl (C=O) groups excluding carboxylic acids is 2. The zero-order valence-corrected chi connectivity index (χ0v) is 13.4. The fourth-order valence-corrected chi connectivity index (χ4v) is 1.99. The molecule has 0 radical (unpaired) electrons. The summed E-state index contributed by atoms with van der Waals surface area (Å²) in [6.07, 6.45) is 0. The molecule has 0 aliphatic carbocycles. The van der Waals surface area contributed by atoms with E-state index in [2.05, 4.69) is 0 Å². The summed E-state index contributed by atoms with van der Waals surface area (Å²) in [6, 6.07) is 6.58. The van der Waals surface area contributed by atoms with Gasteiger partial charge in [0.05, 0.1) is 5.60 Å². The molecule has 5 heteroatoms. The average Bonchev–Trinajstić information content (AvgIpc) is 2.42. The molecule has 0 saturated carbocycles. The molecule has 116 valence electrons. The van der Waals surface area contributed by atoms with E-state index in [4.69, 9.17) is 0 Å². The van der Waals surface area contributed by atoms with E-state index in [9.17, 15) is 14.7 Å². The van der Waals surface area contributed by atoms with E-state index in [1.165, 1.54) is 4.90 Å². The Hall–Kier alpha value is -1.88. The molecule has 1 N–H and O–H groups in total. The van der Waals surface area contributed by atoms with E-state index in [0.717, 1.165) is 0 Å². The van der Waals surface area contributed by atoms with Crippen molar-refractivity contribution >= 4 is 11.8 Å². The maximum Gasteiger partial charge on any atom is 0.253 e. The number of amides is 2. The number of hydrogen-bond acceptors (Lipinski definition) is 3. The molecule has 0 aliphatic heterocycles. The second kappa shape index (κ2) is 6.72. The number of likely N-dealkylation sites (N-methyl/N-ethyl adjacent to an activating group) is 1. The monoisotopic (exact) mass is 292 g/mol. The van der Waals surface area contributed by atoms with Gasteiger partial charge in [-0.25, -0.2) is 0 Å². The lowest BCUT2D eigenvalue weighted by Gasteiger charge is -2.28. The Kier molecular flexibility index (Phi) is 5.49. The first kappa shape index (κ1) is 17.2. The zero-order chi connectivity index (χ0) is 16.2. The number of nitrogens with zero attached hydrogens (tertiary/aromatic N) is 2. The van der Waals surface area contributed by atoms with Gasteiger partial charge in [0.2, 0.25) is 0 Å². The Morgan fingerprint density at radius 2 is 1.48 bits per heavy atom. The van der Waals surface area contributed by atoms with Crippen LogP contribution in [0.1, 0.15) is 41.5 Å². The second-order valence-electron chi connectivity index (χ2n) is 5.91. The van der Waals surface area contributed by atoms with Gasteiger partial charge in [0, 0.05) is 38.3 Å². The molecule has 1 aromatic rings. The van der Waals surface area contributed by atoms with E-state index >= 15 is 0 Å². The highest BCUT2D eigenvalue weighted by Crippen LogP contribution is 2.12. The molecule has 2 amide bonds. The Labute approximate surface area is 126 Å². The van der Waals surface area contributed by atoms with Gasteiger partial charge >= 0.3 is 0 Å². The van der Waals surface area contributed by atoms with Gasteiger partial charge in [-0.2, -0.15) is 0 Å². The summed E-state index contributed by atoms with van der Waals surface area (Å²) < 4.78 is 0. The van der Waals surface area contributed by atoms with Crippen molar-refractivity contribution in [1.29, 1.82) is 0 Å². The number of aliphatic hydroxyl groups is 1. The molecular formula is C16H24N2O3. The Morgan fingerprint density at radius 1 is 1.05 bits per heavy atom. The van der Waals surface area contributed by atoms with Crippen LogP contribution >= 0.6 is 0 Å². The summed E-state index contributed by atoms with van der Waals surface area (Å²) in [6.45, 7) is 5.99. The predicted molar refractivity (Wildman–Crippen MR) is 82.3 cm³/mol. The highest BCUT2D eigenvalue weighted by Gasteiger charge is 2.22. The molecule has 0 atom stereocenters. The molecule has 0 fully saturated rings. The van der Waals surface area contributed by atoms with Crippen LogP contribution in [-0.2, 0) is 0 Å². The van der Waals surface area contributed by atoms with Crippen LogP contribution in [0.3, 0.4) is 0 Å². The number of hydrogen-bond donors (Lipinski definition) is 1. The van der Waals surface area contributed by atoms with Crippen LogP contribution in [0.25, 0.3) is 0 Å². The standard InChI is InChI=1S/C16H24N2O3/c1-6-18(11-16(2,3)21)15(20)13-9-7-12(8-10-13)14(19)17(4)5/h7-10,21H,6,11H2,1-5H3. The number of rotatable bonds is 5. The molecule has 0 spiro atoms. The zero-order valence-electron chi connectivity index (χ0n) is 13.4. The van der Waals surface area contributed by atoms with Crippen molar-refractivity contribution in [3.05, 3.63) is 35.4 Å². The summed E-state index contributed by atoms with van der Waals surface area (Å²) in [4.78, 5) is 27.3. The third-order valence-corrected chi connectivity index (χ3v) is 3.03. The molecule has 5 nitrogen and oxygen atoms in total. The van der Waals surface area contributed by atoms with Crippen molar-refractivity contribution in [2.24, 2.45) is 0 Å². The molecular weight excluding hydrogens is 268 g/mol. The lowest BCUT2D eigenvalue weighted by molar-refractivity contribution is 0.0314. The molecule has 1 aromatic carbocycles. The van der Waals surface area contributed by atoms with Crippen molar-refractivity contribution < 1.29 is 14.7 Å². The third-order valence-electron chi connectivity index (χ3n) is 3.03. The summed E-state index contributed by atoms with van der Waals surface area (Å²) >= 11 is 0. The normalized spacial score (nSPS) is 11.1. The van der Waals surface area contributed by atoms with E-state index in [0.29, 0.717) is 17.7 Å². The largest absolute Gasteiger partial charge is 0.389 e. The van der Waals surface area contributed by atoms with Gasteiger partial charge in [0.15, 0.2) is 0 Å². The molecule has 21 heavy (non-hydrogen) atoms. The molecule has 0 aromatic heterocycles. The van der Waals surface area contributed by atoms with E-state index in [1.54, 1.807) is 57.1 Å². The Morgan fingerprint density at radius 3 is 1.81 bits per heavy atom.